The summed E-state index contributed by atoms with van der Waals surface area (Å²) in [6, 6.07) is 1.79. The molecule has 1 saturated heterocycles. The molecule has 0 spiro atoms. The number of aromatic nitrogens is 1. The van der Waals surface area contributed by atoms with Gasteiger partial charge in [0.2, 0.25) is 0 Å². The molecule has 5 nitrogen and oxygen atoms in total. The second kappa shape index (κ2) is 4.72. The van der Waals surface area contributed by atoms with Crippen molar-refractivity contribution in [2.75, 3.05) is 19.7 Å². The van der Waals surface area contributed by atoms with E-state index in [1.165, 1.54) is 0 Å². The van der Waals surface area contributed by atoms with Gasteiger partial charge < -0.3 is 14.5 Å². The van der Waals surface area contributed by atoms with E-state index in [2.05, 4.69) is 5.16 Å². The Labute approximate surface area is 106 Å². The van der Waals surface area contributed by atoms with Crippen molar-refractivity contribution < 1.29 is 14.4 Å². The number of hydrogen-bond donors (Lipinski definition) is 1. The highest BCUT2D eigenvalue weighted by Gasteiger charge is 2.30. The summed E-state index contributed by atoms with van der Waals surface area (Å²) >= 11 is 0. The van der Waals surface area contributed by atoms with Crippen LogP contribution in [0.15, 0.2) is 10.6 Å². The number of nitrogens with zero attached hydrogens (tertiary/aromatic N) is 2. The van der Waals surface area contributed by atoms with Crippen LogP contribution in [0, 0.1) is 5.92 Å². The molecular formula is C13H18N2O3. The Morgan fingerprint density at radius 1 is 1.39 bits per heavy atom. The Balaban J connectivity index is 1.63. The minimum atomic E-state index is -0.0398. The van der Waals surface area contributed by atoms with Gasteiger partial charge in [-0.25, -0.2) is 0 Å². The first kappa shape index (κ1) is 11.7. The van der Waals surface area contributed by atoms with Gasteiger partial charge in [-0.2, -0.15) is 0 Å². The summed E-state index contributed by atoms with van der Waals surface area (Å²) in [6.45, 7) is 1.63. The van der Waals surface area contributed by atoms with Crippen LogP contribution in [0.3, 0.4) is 0 Å². The third-order valence-electron chi connectivity index (χ3n) is 3.89. The summed E-state index contributed by atoms with van der Waals surface area (Å²) in [4.78, 5) is 14.0. The van der Waals surface area contributed by atoms with E-state index in [4.69, 9.17) is 9.63 Å². The summed E-state index contributed by atoms with van der Waals surface area (Å²) in [5.41, 5.74) is 0.430. The van der Waals surface area contributed by atoms with Gasteiger partial charge in [0.05, 0.1) is 0 Å². The average Bonchev–Trinajstić information content (AvgIpc) is 3.16. The fourth-order valence-electron chi connectivity index (χ4n) is 2.43. The van der Waals surface area contributed by atoms with Crippen molar-refractivity contribution >= 4 is 5.91 Å². The highest BCUT2D eigenvalue weighted by molar-refractivity contribution is 5.92. The van der Waals surface area contributed by atoms with E-state index in [0.717, 1.165) is 31.4 Å². The van der Waals surface area contributed by atoms with Gasteiger partial charge in [0.25, 0.3) is 5.91 Å². The van der Waals surface area contributed by atoms with Gasteiger partial charge in [-0.1, -0.05) is 5.16 Å². The molecule has 3 rings (SSSR count). The van der Waals surface area contributed by atoms with Gasteiger partial charge in [-0.05, 0) is 31.6 Å². The molecule has 1 amide bonds. The second-order valence-corrected chi connectivity index (χ2v) is 5.31. The third kappa shape index (κ3) is 2.27. The first-order chi connectivity index (χ1) is 8.78. The first-order valence-corrected chi connectivity index (χ1v) is 6.64. The molecule has 2 heterocycles. The van der Waals surface area contributed by atoms with Crippen LogP contribution in [0.2, 0.25) is 0 Å². The molecule has 18 heavy (non-hydrogen) atoms. The SMILES string of the molecule is O=C(c1cc(C2CC2)on1)N1CCC(CO)CC1. The zero-order chi connectivity index (χ0) is 12.5. The summed E-state index contributed by atoms with van der Waals surface area (Å²) in [6.07, 6.45) is 4.03. The minimum Gasteiger partial charge on any atom is -0.396 e. The standard InChI is InChI=1S/C13H18N2O3/c16-8-9-3-5-15(6-4-9)13(17)11-7-12(18-14-11)10-1-2-10/h7,9-10,16H,1-6,8H2. The van der Waals surface area contributed by atoms with Crippen molar-refractivity contribution in [3.05, 3.63) is 17.5 Å². The van der Waals surface area contributed by atoms with E-state index < -0.39 is 0 Å². The largest absolute Gasteiger partial charge is 0.396 e. The summed E-state index contributed by atoms with van der Waals surface area (Å²) in [7, 11) is 0. The number of rotatable bonds is 3. The molecule has 0 bridgehead atoms. The first-order valence-electron chi connectivity index (χ1n) is 6.64. The van der Waals surface area contributed by atoms with E-state index in [9.17, 15) is 4.79 Å². The molecule has 0 aromatic carbocycles. The molecule has 5 heteroatoms. The maximum absolute atomic E-state index is 12.2. The Bertz CT molecular complexity index is 431. The molecule has 1 aromatic heterocycles. The molecule has 98 valence electrons. The number of carbonyl (C=O) groups excluding carboxylic acids is 1. The summed E-state index contributed by atoms with van der Waals surface area (Å²) < 4.78 is 5.21. The minimum absolute atomic E-state index is 0.0398. The highest BCUT2D eigenvalue weighted by Crippen LogP contribution is 2.40. The van der Waals surface area contributed by atoms with Gasteiger partial charge in [0.1, 0.15) is 5.76 Å². The van der Waals surface area contributed by atoms with Crippen LogP contribution in [0.5, 0.6) is 0 Å². The van der Waals surface area contributed by atoms with E-state index >= 15 is 0 Å². The lowest BCUT2D eigenvalue weighted by Gasteiger charge is -2.30. The number of likely N-dealkylation sites (tertiary alicyclic amines) is 1. The van der Waals surface area contributed by atoms with E-state index in [-0.39, 0.29) is 12.5 Å². The normalized spacial score (nSPS) is 21.3. The lowest BCUT2D eigenvalue weighted by atomic mass is 9.98. The predicted octanol–water partition coefficient (Wildman–Crippen LogP) is 1.40. The van der Waals surface area contributed by atoms with Gasteiger partial charge >= 0.3 is 0 Å². The van der Waals surface area contributed by atoms with Crippen molar-refractivity contribution in [2.24, 2.45) is 5.92 Å². The summed E-state index contributed by atoms with van der Waals surface area (Å²) in [5, 5.41) is 12.9. The van der Waals surface area contributed by atoms with Gasteiger partial charge in [0, 0.05) is 31.7 Å². The maximum Gasteiger partial charge on any atom is 0.276 e. The van der Waals surface area contributed by atoms with E-state index in [1.807, 2.05) is 0 Å². The average molecular weight is 250 g/mol. The molecule has 0 radical (unpaired) electrons. The third-order valence-corrected chi connectivity index (χ3v) is 3.89. The van der Waals surface area contributed by atoms with Gasteiger partial charge in [0.15, 0.2) is 5.69 Å². The number of aliphatic hydroxyl groups is 1. The Kier molecular flexibility index (Phi) is 3.07. The number of hydrogen-bond acceptors (Lipinski definition) is 4. The Hall–Kier alpha value is -1.36. The zero-order valence-electron chi connectivity index (χ0n) is 10.3. The molecule has 0 atom stereocenters. The van der Waals surface area contributed by atoms with Crippen LogP contribution in [0.4, 0.5) is 0 Å². The quantitative estimate of drug-likeness (QED) is 0.880. The Morgan fingerprint density at radius 2 is 2.11 bits per heavy atom. The molecule has 2 aliphatic rings. The van der Waals surface area contributed by atoms with E-state index in [0.29, 0.717) is 30.6 Å². The second-order valence-electron chi connectivity index (χ2n) is 5.31. The lowest BCUT2D eigenvalue weighted by molar-refractivity contribution is 0.0641. The van der Waals surface area contributed by atoms with Crippen molar-refractivity contribution in [3.63, 3.8) is 0 Å². The molecule has 1 aromatic rings. The van der Waals surface area contributed by atoms with Crippen LogP contribution in [0.25, 0.3) is 0 Å². The van der Waals surface area contributed by atoms with Crippen molar-refractivity contribution in [1.29, 1.82) is 0 Å². The maximum atomic E-state index is 12.2. The van der Waals surface area contributed by atoms with Crippen LogP contribution in [-0.2, 0) is 0 Å². The fourth-order valence-corrected chi connectivity index (χ4v) is 2.43. The van der Waals surface area contributed by atoms with Crippen LogP contribution in [0.1, 0.15) is 47.8 Å². The molecule has 0 unspecified atom stereocenters. The van der Waals surface area contributed by atoms with Crippen LogP contribution < -0.4 is 0 Å². The monoisotopic (exact) mass is 250 g/mol. The molecule has 1 aliphatic carbocycles. The van der Waals surface area contributed by atoms with Crippen LogP contribution in [-0.4, -0.2) is 40.8 Å². The van der Waals surface area contributed by atoms with Crippen molar-refractivity contribution in [3.8, 4) is 0 Å². The lowest BCUT2D eigenvalue weighted by Crippen LogP contribution is -2.39. The van der Waals surface area contributed by atoms with Gasteiger partial charge in [-0.3, -0.25) is 4.79 Å². The van der Waals surface area contributed by atoms with Gasteiger partial charge in [-0.15, -0.1) is 0 Å². The number of amides is 1. The molecule has 1 saturated carbocycles. The zero-order valence-corrected chi connectivity index (χ0v) is 10.3. The van der Waals surface area contributed by atoms with Crippen molar-refractivity contribution in [2.45, 2.75) is 31.6 Å². The summed E-state index contributed by atoms with van der Waals surface area (Å²) in [5.74, 6) is 1.64. The molecule has 1 N–H and O–H groups in total. The molecule has 2 fully saturated rings. The van der Waals surface area contributed by atoms with E-state index in [1.54, 1.807) is 11.0 Å². The highest BCUT2D eigenvalue weighted by atomic mass is 16.5. The molecular weight excluding hydrogens is 232 g/mol. The molecule has 1 aliphatic heterocycles. The Morgan fingerprint density at radius 3 is 2.72 bits per heavy atom. The number of piperidine rings is 1. The van der Waals surface area contributed by atoms with Crippen LogP contribution >= 0.6 is 0 Å². The topological polar surface area (TPSA) is 66.6 Å². The fraction of sp³-hybridized carbons (Fsp3) is 0.692. The predicted molar refractivity (Wildman–Crippen MR) is 64.2 cm³/mol. The number of aliphatic hydroxyl groups excluding tert-OH is 1. The smallest absolute Gasteiger partial charge is 0.276 e. The number of carbonyl (C=O) groups is 1. The van der Waals surface area contributed by atoms with Crippen molar-refractivity contribution in [1.82, 2.24) is 10.1 Å².